The molecule has 2 N–H and O–H groups in total. The van der Waals surface area contributed by atoms with E-state index in [0.29, 0.717) is 17.0 Å². The van der Waals surface area contributed by atoms with Crippen LogP contribution >= 0.6 is 0 Å². The van der Waals surface area contributed by atoms with E-state index in [1.807, 2.05) is 13.0 Å². The van der Waals surface area contributed by atoms with Crippen LogP contribution in [0.1, 0.15) is 31.7 Å². The largest absolute Gasteiger partial charge is 0.382 e. The zero-order valence-corrected chi connectivity index (χ0v) is 13.3. The zero-order chi connectivity index (χ0) is 14.8. The molecular weight excluding hydrogens is 272 g/mol. The maximum absolute atomic E-state index is 11.6. The fourth-order valence-corrected chi connectivity index (χ4v) is 3.34. The highest BCUT2D eigenvalue weighted by Crippen LogP contribution is 2.22. The van der Waals surface area contributed by atoms with Gasteiger partial charge in [0.1, 0.15) is 0 Å². The molecule has 0 amide bonds. The third-order valence-electron chi connectivity index (χ3n) is 3.84. The summed E-state index contributed by atoms with van der Waals surface area (Å²) >= 11 is 0. The van der Waals surface area contributed by atoms with Crippen molar-refractivity contribution < 1.29 is 8.42 Å². The first-order valence-corrected chi connectivity index (χ1v) is 9.06. The van der Waals surface area contributed by atoms with Crippen LogP contribution in [0.2, 0.25) is 0 Å². The van der Waals surface area contributed by atoms with Gasteiger partial charge in [-0.1, -0.05) is 6.07 Å². The SMILES string of the molecule is Cc1ccc(S(C)(=O)=O)cc1NC(C)CC1CCCN1. The fraction of sp³-hybridized carbons (Fsp3) is 0.600. The Kier molecular flexibility index (Phi) is 4.70. The van der Waals surface area contributed by atoms with Crippen LogP contribution in [0.25, 0.3) is 0 Å². The van der Waals surface area contributed by atoms with Gasteiger partial charge in [-0.15, -0.1) is 0 Å². The summed E-state index contributed by atoms with van der Waals surface area (Å²) in [6.07, 6.45) is 4.78. The van der Waals surface area contributed by atoms with E-state index in [4.69, 9.17) is 0 Å². The predicted molar refractivity (Wildman–Crippen MR) is 83.0 cm³/mol. The molecule has 0 aliphatic carbocycles. The van der Waals surface area contributed by atoms with Gasteiger partial charge in [0.15, 0.2) is 9.84 Å². The smallest absolute Gasteiger partial charge is 0.175 e. The number of aryl methyl sites for hydroxylation is 1. The molecule has 1 fully saturated rings. The summed E-state index contributed by atoms with van der Waals surface area (Å²) in [5.41, 5.74) is 1.99. The number of nitrogens with one attached hydrogen (secondary N) is 2. The summed E-state index contributed by atoms with van der Waals surface area (Å²) in [6.45, 7) is 5.25. The van der Waals surface area contributed by atoms with Crippen molar-refractivity contribution in [3.05, 3.63) is 23.8 Å². The van der Waals surface area contributed by atoms with Crippen molar-refractivity contribution >= 4 is 15.5 Å². The first kappa shape index (κ1) is 15.3. The molecule has 20 heavy (non-hydrogen) atoms. The lowest BCUT2D eigenvalue weighted by molar-refractivity contribution is 0.523. The Morgan fingerprint density at radius 1 is 1.45 bits per heavy atom. The van der Waals surface area contributed by atoms with Gasteiger partial charge in [0.25, 0.3) is 0 Å². The molecule has 1 aliphatic rings. The standard InChI is InChI=1S/C15H24N2O2S/c1-11-6-7-14(20(3,18)19)10-15(11)17-12(2)9-13-5-4-8-16-13/h6-7,10,12-13,16-17H,4-5,8-9H2,1-3H3. The van der Waals surface area contributed by atoms with Crippen LogP contribution in [0.4, 0.5) is 5.69 Å². The average molecular weight is 296 g/mol. The second kappa shape index (κ2) is 6.14. The quantitative estimate of drug-likeness (QED) is 0.875. The van der Waals surface area contributed by atoms with Crippen LogP contribution in [-0.2, 0) is 9.84 Å². The monoisotopic (exact) mass is 296 g/mol. The molecule has 2 unspecified atom stereocenters. The van der Waals surface area contributed by atoms with Gasteiger partial charge in [0.2, 0.25) is 0 Å². The van der Waals surface area contributed by atoms with Gasteiger partial charge >= 0.3 is 0 Å². The Morgan fingerprint density at radius 3 is 2.80 bits per heavy atom. The van der Waals surface area contributed by atoms with E-state index in [1.165, 1.54) is 19.1 Å². The highest BCUT2D eigenvalue weighted by molar-refractivity contribution is 7.90. The van der Waals surface area contributed by atoms with Gasteiger partial charge in [-0.3, -0.25) is 0 Å². The molecule has 1 saturated heterocycles. The Bertz CT molecular complexity index is 563. The minimum Gasteiger partial charge on any atom is -0.382 e. The van der Waals surface area contributed by atoms with Crippen molar-refractivity contribution in [3.8, 4) is 0 Å². The topological polar surface area (TPSA) is 58.2 Å². The van der Waals surface area contributed by atoms with Gasteiger partial charge in [0.05, 0.1) is 4.90 Å². The maximum atomic E-state index is 11.6. The molecule has 1 aromatic rings. The third-order valence-corrected chi connectivity index (χ3v) is 4.95. The van der Waals surface area contributed by atoms with E-state index in [-0.39, 0.29) is 0 Å². The van der Waals surface area contributed by atoms with Gasteiger partial charge in [-0.25, -0.2) is 8.42 Å². The van der Waals surface area contributed by atoms with Gasteiger partial charge in [-0.05, 0) is 57.4 Å². The number of rotatable bonds is 5. The Hall–Kier alpha value is -1.07. The molecule has 0 spiro atoms. The summed E-state index contributed by atoms with van der Waals surface area (Å²) in [6, 6.07) is 6.16. The van der Waals surface area contributed by atoms with Crippen LogP contribution in [0.15, 0.2) is 23.1 Å². The summed E-state index contributed by atoms with van der Waals surface area (Å²) in [7, 11) is -3.15. The minimum atomic E-state index is -3.15. The normalized spacial score (nSPS) is 20.9. The fourth-order valence-electron chi connectivity index (χ4n) is 2.70. The van der Waals surface area contributed by atoms with E-state index in [2.05, 4.69) is 17.6 Å². The van der Waals surface area contributed by atoms with E-state index in [9.17, 15) is 8.42 Å². The van der Waals surface area contributed by atoms with Crippen LogP contribution in [-0.4, -0.2) is 33.3 Å². The van der Waals surface area contributed by atoms with E-state index >= 15 is 0 Å². The molecule has 4 nitrogen and oxygen atoms in total. The molecule has 2 rings (SSSR count). The van der Waals surface area contributed by atoms with Crippen molar-refractivity contribution in [1.82, 2.24) is 5.32 Å². The number of anilines is 1. The highest BCUT2D eigenvalue weighted by atomic mass is 32.2. The second-order valence-corrected chi connectivity index (χ2v) is 7.84. The highest BCUT2D eigenvalue weighted by Gasteiger charge is 2.17. The molecule has 0 aromatic heterocycles. The lowest BCUT2D eigenvalue weighted by Gasteiger charge is -2.21. The molecule has 1 aliphatic heterocycles. The van der Waals surface area contributed by atoms with Crippen molar-refractivity contribution in [2.45, 2.75) is 50.1 Å². The van der Waals surface area contributed by atoms with Crippen LogP contribution in [0.3, 0.4) is 0 Å². The molecule has 2 atom stereocenters. The molecule has 112 valence electrons. The number of hydrogen-bond donors (Lipinski definition) is 2. The number of benzene rings is 1. The van der Waals surface area contributed by atoms with Crippen molar-refractivity contribution in [2.24, 2.45) is 0 Å². The lowest BCUT2D eigenvalue weighted by Crippen LogP contribution is -2.29. The summed E-state index contributed by atoms with van der Waals surface area (Å²) < 4.78 is 23.2. The first-order chi connectivity index (χ1) is 9.36. The minimum absolute atomic E-state index is 0.319. The van der Waals surface area contributed by atoms with Gasteiger partial charge in [-0.2, -0.15) is 0 Å². The lowest BCUT2D eigenvalue weighted by atomic mass is 10.1. The van der Waals surface area contributed by atoms with Crippen LogP contribution in [0.5, 0.6) is 0 Å². The van der Waals surface area contributed by atoms with Crippen LogP contribution in [0, 0.1) is 6.92 Å². The predicted octanol–water partition coefficient (Wildman–Crippen LogP) is 2.34. The summed E-state index contributed by atoms with van der Waals surface area (Å²) in [5.74, 6) is 0. The van der Waals surface area contributed by atoms with Gasteiger partial charge < -0.3 is 10.6 Å². The van der Waals surface area contributed by atoms with Crippen LogP contribution < -0.4 is 10.6 Å². The average Bonchev–Trinajstić information content (AvgIpc) is 2.83. The van der Waals surface area contributed by atoms with Crippen molar-refractivity contribution in [1.29, 1.82) is 0 Å². The zero-order valence-electron chi connectivity index (χ0n) is 12.4. The maximum Gasteiger partial charge on any atom is 0.175 e. The second-order valence-electron chi connectivity index (χ2n) is 5.82. The molecular formula is C15H24N2O2S. The number of sulfone groups is 1. The van der Waals surface area contributed by atoms with Gasteiger partial charge in [0, 0.05) is 24.0 Å². The Morgan fingerprint density at radius 2 is 2.20 bits per heavy atom. The van der Waals surface area contributed by atoms with E-state index < -0.39 is 9.84 Å². The molecule has 1 heterocycles. The Labute approximate surface area is 121 Å². The molecule has 0 radical (unpaired) electrons. The molecule has 0 bridgehead atoms. The molecule has 1 aromatic carbocycles. The number of hydrogen-bond acceptors (Lipinski definition) is 4. The van der Waals surface area contributed by atoms with E-state index in [0.717, 1.165) is 24.2 Å². The Balaban J connectivity index is 2.07. The summed E-state index contributed by atoms with van der Waals surface area (Å²) in [5, 5.41) is 6.93. The summed E-state index contributed by atoms with van der Waals surface area (Å²) in [4.78, 5) is 0.372. The first-order valence-electron chi connectivity index (χ1n) is 7.17. The van der Waals surface area contributed by atoms with Crippen molar-refractivity contribution in [3.63, 3.8) is 0 Å². The molecule has 5 heteroatoms. The van der Waals surface area contributed by atoms with E-state index in [1.54, 1.807) is 12.1 Å². The van der Waals surface area contributed by atoms with Crippen molar-refractivity contribution in [2.75, 3.05) is 18.1 Å². The third kappa shape index (κ3) is 3.96. The molecule has 0 saturated carbocycles.